The van der Waals surface area contributed by atoms with Crippen LogP contribution in [0.25, 0.3) is 21.1 Å². The third-order valence-electron chi connectivity index (χ3n) is 3.98. The molecule has 0 saturated heterocycles. The predicted molar refractivity (Wildman–Crippen MR) is 80.9 cm³/mol. The minimum absolute atomic E-state index is 0.000000000000000222. The van der Waals surface area contributed by atoms with Gasteiger partial charge in [-0.1, -0.05) is 17.4 Å². The summed E-state index contributed by atoms with van der Waals surface area (Å²) in [6, 6.07) is 5.88. The topological polar surface area (TPSA) is 47.3 Å². The summed E-state index contributed by atoms with van der Waals surface area (Å²) in [6.07, 6.45) is 2.45. The third-order valence-corrected chi connectivity index (χ3v) is 4.92. The average molecular weight is 284 g/mol. The molecule has 0 unspecified atom stereocenters. The van der Waals surface area contributed by atoms with Crippen molar-refractivity contribution in [3.05, 3.63) is 54.8 Å². The first kappa shape index (κ1) is 11.9. The van der Waals surface area contributed by atoms with Crippen molar-refractivity contribution in [2.75, 3.05) is 0 Å². The molecule has 2 aromatic heterocycles. The molecular weight excluding hydrogens is 272 g/mol. The molecule has 0 atom stereocenters. The van der Waals surface area contributed by atoms with Gasteiger partial charge in [-0.15, -0.1) is 0 Å². The second-order valence-electron chi connectivity index (χ2n) is 5.29. The van der Waals surface area contributed by atoms with Gasteiger partial charge in [0, 0.05) is 15.6 Å². The zero-order chi connectivity index (χ0) is 13.9. The van der Waals surface area contributed by atoms with Crippen LogP contribution in [0.1, 0.15) is 23.1 Å². The van der Waals surface area contributed by atoms with Gasteiger partial charge in [0.25, 0.3) is 0 Å². The molecule has 3 nitrogen and oxygen atoms in total. The molecule has 0 fully saturated rings. The maximum Gasteiger partial charge on any atom is 0.339 e. The number of fused-ring (bicyclic) bond motifs is 5. The maximum absolute atomic E-state index is 12.4. The lowest BCUT2D eigenvalue weighted by Gasteiger charge is -2.06. The molecule has 4 heteroatoms. The molecule has 3 aromatic rings. The molecule has 0 amide bonds. The summed E-state index contributed by atoms with van der Waals surface area (Å²) in [5.41, 5.74) is 2.90. The summed E-state index contributed by atoms with van der Waals surface area (Å²) >= 11 is 1.24. The van der Waals surface area contributed by atoms with E-state index in [0.717, 1.165) is 40.5 Å². The number of hydrogen-bond donors (Lipinski definition) is 0. The fraction of sp³-hybridized carbons (Fsp3) is 0.250. The lowest BCUT2D eigenvalue weighted by molar-refractivity contribution is 0.555. The SMILES string of the molecule is Cc1ccc2c(c1)sc(=O)c1c3c(c(=O)oc12)CCC3. The molecule has 0 N–H and O–H groups in total. The van der Waals surface area contributed by atoms with Crippen LogP contribution in [0.5, 0.6) is 0 Å². The molecule has 1 aliphatic rings. The zero-order valence-corrected chi connectivity index (χ0v) is 11.8. The van der Waals surface area contributed by atoms with Crippen LogP contribution >= 0.6 is 11.3 Å². The van der Waals surface area contributed by atoms with E-state index in [9.17, 15) is 9.59 Å². The van der Waals surface area contributed by atoms with E-state index >= 15 is 0 Å². The van der Waals surface area contributed by atoms with Crippen LogP contribution in [-0.4, -0.2) is 0 Å². The average Bonchev–Trinajstić information content (AvgIpc) is 2.87. The molecule has 0 aliphatic heterocycles. The van der Waals surface area contributed by atoms with Crippen LogP contribution in [0, 0.1) is 6.92 Å². The van der Waals surface area contributed by atoms with E-state index in [2.05, 4.69) is 0 Å². The van der Waals surface area contributed by atoms with Gasteiger partial charge in [0.15, 0.2) is 5.58 Å². The smallest absolute Gasteiger partial charge is 0.339 e. The van der Waals surface area contributed by atoms with Gasteiger partial charge >= 0.3 is 5.63 Å². The van der Waals surface area contributed by atoms with Gasteiger partial charge in [0.2, 0.25) is 4.74 Å². The van der Waals surface area contributed by atoms with Crippen molar-refractivity contribution in [1.29, 1.82) is 0 Å². The zero-order valence-electron chi connectivity index (χ0n) is 11.0. The van der Waals surface area contributed by atoms with Crippen LogP contribution in [0.15, 0.2) is 32.2 Å². The Kier molecular flexibility index (Phi) is 2.39. The summed E-state index contributed by atoms with van der Waals surface area (Å²) < 4.78 is 6.37. The van der Waals surface area contributed by atoms with Crippen molar-refractivity contribution in [1.82, 2.24) is 0 Å². The highest BCUT2D eigenvalue weighted by Crippen LogP contribution is 2.31. The first-order valence-corrected chi connectivity index (χ1v) is 7.49. The molecule has 100 valence electrons. The summed E-state index contributed by atoms with van der Waals surface area (Å²) in [6.45, 7) is 1.99. The predicted octanol–water partition coefficient (Wildman–Crippen LogP) is 3.17. The van der Waals surface area contributed by atoms with Crippen LogP contribution in [-0.2, 0) is 12.8 Å². The Morgan fingerprint density at radius 1 is 1.15 bits per heavy atom. The number of hydrogen-bond acceptors (Lipinski definition) is 4. The van der Waals surface area contributed by atoms with Crippen molar-refractivity contribution < 1.29 is 4.42 Å². The lowest BCUT2D eigenvalue weighted by atomic mass is 10.1. The number of aryl methyl sites for hydroxylation is 2. The fourth-order valence-electron chi connectivity index (χ4n) is 3.05. The largest absolute Gasteiger partial charge is 0.422 e. The van der Waals surface area contributed by atoms with E-state index in [1.54, 1.807) is 0 Å². The molecule has 20 heavy (non-hydrogen) atoms. The molecule has 0 bridgehead atoms. The summed E-state index contributed by atoms with van der Waals surface area (Å²) in [5.74, 6) is 0. The van der Waals surface area contributed by atoms with Gasteiger partial charge in [-0.3, -0.25) is 4.79 Å². The maximum atomic E-state index is 12.4. The lowest BCUT2D eigenvalue weighted by Crippen LogP contribution is -2.10. The molecule has 2 heterocycles. The Labute approximate surface area is 118 Å². The minimum atomic E-state index is -0.275. The molecule has 1 aromatic carbocycles. The third kappa shape index (κ3) is 1.51. The van der Waals surface area contributed by atoms with E-state index in [-0.39, 0.29) is 10.4 Å². The van der Waals surface area contributed by atoms with Crippen LogP contribution in [0.2, 0.25) is 0 Å². The van der Waals surface area contributed by atoms with Gasteiger partial charge in [0.1, 0.15) is 0 Å². The Bertz CT molecular complexity index is 979. The quantitative estimate of drug-likeness (QED) is 0.596. The van der Waals surface area contributed by atoms with Gasteiger partial charge in [0.05, 0.1) is 5.39 Å². The minimum Gasteiger partial charge on any atom is -0.422 e. The second-order valence-corrected chi connectivity index (χ2v) is 6.31. The highest BCUT2D eigenvalue weighted by molar-refractivity contribution is 7.17. The first-order valence-electron chi connectivity index (χ1n) is 6.67. The molecule has 4 rings (SSSR count). The monoisotopic (exact) mass is 284 g/mol. The van der Waals surface area contributed by atoms with Crippen molar-refractivity contribution in [3.63, 3.8) is 0 Å². The summed E-state index contributed by atoms with van der Waals surface area (Å²) in [7, 11) is 0. The highest BCUT2D eigenvalue weighted by atomic mass is 32.1. The Hall–Kier alpha value is -1.94. The molecular formula is C16H12O3S. The van der Waals surface area contributed by atoms with Crippen molar-refractivity contribution in [2.24, 2.45) is 0 Å². The highest BCUT2D eigenvalue weighted by Gasteiger charge is 2.22. The Balaban J connectivity index is 2.32. The molecule has 1 aliphatic carbocycles. The molecule has 0 radical (unpaired) electrons. The van der Waals surface area contributed by atoms with Crippen molar-refractivity contribution >= 4 is 32.4 Å². The normalized spacial score (nSPS) is 14.1. The Morgan fingerprint density at radius 3 is 2.80 bits per heavy atom. The fourth-order valence-corrected chi connectivity index (χ4v) is 4.08. The second kappa shape index (κ2) is 4.03. The van der Waals surface area contributed by atoms with Gasteiger partial charge in [-0.25, -0.2) is 4.79 Å². The number of rotatable bonds is 0. The van der Waals surface area contributed by atoms with E-state index in [4.69, 9.17) is 4.42 Å². The Morgan fingerprint density at radius 2 is 1.95 bits per heavy atom. The van der Waals surface area contributed by atoms with Gasteiger partial charge < -0.3 is 4.42 Å². The van der Waals surface area contributed by atoms with Crippen molar-refractivity contribution in [2.45, 2.75) is 26.2 Å². The molecule has 0 saturated carbocycles. The van der Waals surface area contributed by atoms with E-state index in [1.807, 2.05) is 25.1 Å². The summed E-state index contributed by atoms with van der Waals surface area (Å²) in [5, 5.41) is 1.49. The van der Waals surface area contributed by atoms with Gasteiger partial charge in [-0.2, -0.15) is 0 Å². The van der Waals surface area contributed by atoms with Crippen LogP contribution in [0.3, 0.4) is 0 Å². The summed E-state index contributed by atoms with van der Waals surface area (Å²) in [4.78, 5) is 24.5. The van der Waals surface area contributed by atoms with Gasteiger partial charge in [-0.05, 0) is 49.4 Å². The molecule has 0 spiro atoms. The van der Waals surface area contributed by atoms with Crippen LogP contribution < -0.4 is 10.4 Å². The first-order chi connectivity index (χ1) is 9.65. The van der Waals surface area contributed by atoms with E-state index in [0.29, 0.717) is 16.5 Å². The number of benzene rings is 1. The van der Waals surface area contributed by atoms with Crippen LogP contribution in [0.4, 0.5) is 0 Å². The standard InChI is InChI=1S/C16H12O3S/c1-8-5-6-11-12(7-8)20-16(18)13-9-3-2-4-10(9)15(17)19-14(11)13/h5-7H,2-4H2,1H3. The van der Waals surface area contributed by atoms with Crippen molar-refractivity contribution in [3.8, 4) is 0 Å². The van der Waals surface area contributed by atoms with E-state index < -0.39 is 0 Å². The van der Waals surface area contributed by atoms with E-state index in [1.165, 1.54) is 11.3 Å².